The van der Waals surface area contributed by atoms with Gasteiger partial charge in [0, 0.05) is 11.6 Å². The van der Waals surface area contributed by atoms with E-state index >= 15 is 0 Å². The van der Waals surface area contributed by atoms with E-state index in [0.717, 1.165) is 43.4 Å². The van der Waals surface area contributed by atoms with Crippen molar-refractivity contribution in [2.24, 2.45) is 5.10 Å². The number of hydrogen-bond donors (Lipinski definition) is 1. The van der Waals surface area contributed by atoms with Crippen LogP contribution in [0.4, 0.5) is 18.9 Å². The van der Waals surface area contributed by atoms with Crippen LogP contribution in [0, 0.1) is 10.1 Å². The normalized spacial score (nSPS) is 18.5. The van der Waals surface area contributed by atoms with E-state index in [9.17, 15) is 33.2 Å². The monoisotopic (exact) mass is 449 g/mol. The molecule has 1 amide bonds. The SMILES string of the molecule is CCCCCc1ccc(C2(O)CC(C(F)(F)F)=NN2C(=O)c2ccccc2[N+](=O)[O-])cc1. The maximum absolute atomic E-state index is 13.4. The topological polar surface area (TPSA) is 96.0 Å². The molecular formula is C22H22F3N3O4. The molecule has 0 radical (unpaired) electrons. The number of carbonyl (C=O) groups is 1. The molecule has 0 saturated heterocycles. The van der Waals surface area contributed by atoms with Gasteiger partial charge in [0.2, 0.25) is 0 Å². The van der Waals surface area contributed by atoms with Crippen LogP contribution in [0.3, 0.4) is 0 Å². The number of benzene rings is 2. The molecule has 1 atom stereocenters. The summed E-state index contributed by atoms with van der Waals surface area (Å²) in [7, 11) is 0. The molecule has 10 heteroatoms. The van der Waals surface area contributed by atoms with Gasteiger partial charge < -0.3 is 5.11 Å². The van der Waals surface area contributed by atoms with Gasteiger partial charge in [-0.15, -0.1) is 0 Å². The number of aryl methyl sites for hydroxylation is 1. The highest BCUT2D eigenvalue weighted by atomic mass is 19.4. The Balaban J connectivity index is 2.00. The van der Waals surface area contributed by atoms with E-state index in [4.69, 9.17) is 0 Å². The molecule has 0 aromatic heterocycles. The summed E-state index contributed by atoms with van der Waals surface area (Å²) in [4.78, 5) is 23.5. The van der Waals surface area contributed by atoms with Crippen molar-refractivity contribution in [3.63, 3.8) is 0 Å². The Morgan fingerprint density at radius 3 is 2.44 bits per heavy atom. The number of amides is 1. The maximum atomic E-state index is 13.4. The summed E-state index contributed by atoms with van der Waals surface area (Å²) in [6, 6.07) is 11.1. The Labute approximate surface area is 182 Å². The highest BCUT2D eigenvalue weighted by Crippen LogP contribution is 2.41. The zero-order valence-electron chi connectivity index (χ0n) is 17.3. The van der Waals surface area contributed by atoms with E-state index in [2.05, 4.69) is 12.0 Å². The van der Waals surface area contributed by atoms with Gasteiger partial charge in [-0.2, -0.15) is 23.3 Å². The van der Waals surface area contributed by atoms with Crippen molar-refractivity contribution >= 4 is 17.3 Å². The minimum Gasteiger partial charge on any atom is -0.365 e. The molecule has 7 nitrogen and oxygen atoms in total. The number of alkyl halides is 3. The molecule has 0 spiro atoms. The predicted octanol–water partition coefficient (Wildman–Crippen LogP) is 4.94. The Kier molecular flexibility index (Phi) is 6.63. The standard InChI is InChI=1S/C22H22F3N3O4/c1-2-3-4-7-15-10-12-16(13-11-15)21(30)14-19(22(23,24)25)26-27(21)20(29)17-8-5-6-9-18(17)28(31)32/h5-6,8-13,30H,2-4,7,14H2,1H3. The molecule has 1 unspecified atom stereocenters. The lowest BCUT2D eigenvalue weighted by Crippen LogP contribution is -2.44. The van der Waals surface area contributed by atoms with Crippen molar-refractivity contribution in [1.29, 1.82) is 0 Å². The number of nitro groups is 1. The summed E-state index contributed by atoms with van der Waals surface area (Å²) in [5, 5.41) is 26.2. The highest BCUT2D eigenvalue weighted by Gasteiger charge is 2.53. The molecule has 170 valence electrons. The molecule has 0 fully saturated rings. The maximum Gasteiger partial charge on any atom is 0.431 e. The van der Waals surface area contributed by atoms with Crippen LogP contribution >= 0.6 is 0 Å². The third kappa shape index (κ3) is 4.64. The van der Waals surface area contributed by atoms with Crippen LogP contribution in [0.1, 0.15) is 54.1 Å². The molecule has 0 aliphatic carbocycles. The second-order valence-corrected chi connectivity index (χ2v) is 7.58. The fourth-order valence-electron chi connectivity index (χ4n) is 3.59. The van der Waals surface area contributed by atoms with Gasteiger partial charge in [-0.05, 0) is 24.5 Å². The van der Waals surface area contributed by atoms with Crippen molar-refractivity contribution < 1.29 is 28.0 Å². The van der Waals surface area contributed by atoms with Crippen LogP contribution in [0.15, 0.2) is 53.6 Å². The fourth-order valence-corrected chi connectivity index (χ4v) is 3.59. The second kappa shape index (κ2) is 9.07. The van der Waals surface area contributed by atoms with Crippen molar-refractivity contribution in [2.75, 3.05) is 0 Å². The molecule has 1 aliphatic heterocycles. The predicted molar refractivity (Wildman–Crippen MR) is 111 cm³/mol. The van der Waals surface area contributed by atoms with Gasteiger partial charge in [0.25, 0.3) is 11.6 Å². The smallest absolute Gasteiger partial charge is 0.365 e. The van der Waals surface area contributed by atoms with Crippen LogP contribution in [0.2, 0.25) is 0 Å². The van der Waals surface area contributed by atoms with E-state index in [1.807, 2.05) is 0 Å². The summed E-state index contributed by atoms with van der Waals surface area (Å²) in [5.74, 6) is -1.20. The van der Waals surface area contributed by atoms with Gasteiger partial charge in [-0.3, -0.25) is 14.9 Å². The number of para-hydroxylation sites is 1. The summed E-state index contributed by atoms with van der Waals surface area (Å²) in [6.45, 7) is 2.07. The number of nitro benzene ring substituents is 1. The average molecular weight is 449 g/mol. The quantitative estimate of drug-likeness (QED) is 0.368. The summed E-state index contributed by atoms with van der Waals surface area (Å²) in [5.41, 5.74) is -3.88. The summed E-state index contributed by atoms with van der Waals surface area (Å²) in [6.07, 6.45) is -2.08. The third-order valence-electron chi connectivity index (χ3n) is 5.32. The minimum absolute atomic E-state index is 0.0340. The van der Waals surface area contributed by atoms with Gasteiger partial charge in [-0.1, -0.05) is 56.2 Å². The average Bonchev–Trinajstić information content (AvgIpc) is 3.13. The molecular weight excluding hydrogens is 427 g/mol. The Bertz CT molecular complexity index is 1040. The van der Waals surface area contributed by atoms with Crippen LogP contribution in [0.5, 0.6) is 0 Å². The molecule has 0 bridgehead atoms. The van der Waals surface area contributed by atoms with Crippen molar-refractivity contribution in [2.45, 2.75) is 50.9 Å². The highest BCUT2D eigenvalue weighted by molar-refractivity contribution is 6.02. The van der Waals surface area contributed by atoms with E-state index in [-0.39, 0.29) is 5.56 Å². The van der Waals surface area contributed by atoms with Crippen LogP contribution < -0.4 is 0 Å². The van der Waals surface area contributed by atoms with Crippen LogP contribution in [-0.4, -0.2) is 32.8 Å². The molecule has 3 rings (SSSR count). The van der Waals surface area contributed by atoms with Crippen LogP contribution in [0.25, 0.3) is 0 Å². The van der Waals surface area contributed by atoms with Crippen molar-refractivity contribution in [3.8, 4) is 0 Å². The van der Waals surface area contributed by atoms with E-state index in [0.29, 0.717) is 5.01 Å². The lowest BCUT2D eigenvalue weighted by molar-refractivity contribution is -0.385. The Hall–Kier alpha value is -3.27. The van der Waals surface area contributed by atoms with Crippen molar-refractivity contribution in [1.82, 2.24) is 5.01 Å². The molecule has 1 N–H and O–H groups in total. The number of rotatable bonds is 7. The first kappa shape index (κ1) is 23.4. The molecule has 2 aromatic carbocycles. The van der Waals surface area contributed by atoms with E-state index in [1.54, 1.807) is 12.1 Å². The second-order valence-electron chi connectivity index (χ2n) is 7.58. The Morgan fingerprint density at radius 1 is 1.19 bits per heavy atom. The summed E-state index contributed by atoms with van der Waals surface area (Å²) < 4.78 is 40.2. The van der Waals surface area contributed by atoms with Gasteiger partial charge in [0.15, 0.2) is 5.72 Å². The molecule has 1 aliphatic rings. The molecule has 32 heavy (non-hydrogen) atoms. The molecule has 2 aromatic rings. The lowest BCUT2D eigenvalue weighted by Gasteiger charge is -2.31. The third-order valence-corrected chi connectivity index (χ3v) is 5.32. The Morgan fingerprint density at radius 2 is 1.84 bits per heavy atom. The summed E-state index contributed by atoms with van der Waals surface area (Å²) >= 11 is 0. The fraction of sp³-hybridized carbons (Fsp3) is 0.364. The number of nitrogens with zero attached hydrogens (tertiary/aromatic N) is 3. The number of halogens is 3. The van der Waals surface area contributed by atoms with Gasteiger partial charge in [-0.25, -0.2) is 0 Å². The first-order valence-electron chi connectivity index (χ1n) is 10.1. The number of hydrazone groups is 1. The zero-order valence-corrected chi connectivity index (χ0v) is 17.3. The molecule has 1 heterocycles. The largest absolute Gasteiger partial charge is 0.431 e. The van der Waals surface area contributed by atoms with E-state index in [1.165, 1.54) is 24.3 Å². The lowest BCUT2D eigenvalue weighted by atomic mass is 9.94. The number of carbonyl (C=O) groups excluding carboxylic acids is 1. The minimum atomic E-state index is -4.88. The zero-order chi connectivity index (χ0) is 23.5. The van der Waals surface area contributed by atoms with Gasteiger partial charge in [0.1, 0.15) is 11.3 Å². The first-order chi connectivity index (χ1) is 15.1. The van der Waals surface area contributed by atoms with E-state index < -0.39 is 46.1 Å². The van der Waals surface area contributed by atoms with Crippen molar-refractivity contribution in [3.05, 3.63) is 75.3 Å². The number of unbranched alkanes of at least 4 members (excludes halogenated alkanes) is 2. The molecule has 0 saturated carbocycles. The first-order valence-corrected chi connectivity index (χ1v) is 10.1. The number of aliphatic hydroxyl groups is 1. The van der Waals surface area contributed by atoms with Crippen LogP contribution in [-0.2, 0) is 12.1 Å². The van der Waals surface area contributed by atoms with Gasteiger partial charge >= 0.3 is 6.18 Å². The van der Waals surface area contributed by atoms with Gasteiger partial charge in [0.05, 0.1) is 11.3 Å². The number of hydrogen-bond acceptors (Lipinski definition) is 5.